The maximum Gasteiger partial charge on any atom is 0.133 e. The Morgan fingerprint density at radius 1 is 1.37 bits per heavy atom. The highest BCUT2D eigenvalue weighted by molar-refractivity contribution is 9.10. The number of allylic oxidation sites excluding steroid dienone is 2. The van der Waals surface area contributed by atoms with Gasteiger partial charge in [-0.3, -0.25) is 0 Å². The number of aromatic hydroxyl groups is 1. The van der Waals surface area contributed by atoms with Gasteiger partial charge >= 0.3 is 0 Å². The molecule has 1 aliphatic carbocycles. The Morgan fingerprint density at radius 3 is 2.89 bits per heavy atom. The molecule has 1 heterocycles. The van der Waals surface area contributed by atoms with Crippen LogP contribution in [0.1, 0.15) is 5.56 Å². The van der Waals surface area contributed by atoms with Crippen LogP contribution in [0.15, 0.2) is 51.8 Å². The normalized spacial score (nSPS) is 25.1. The molecule has 2 nitrogen and oxygen atoms in total. The zero-order valence-corrected chi connectivity index (χ0v) is 12.0. The molecular formula is C14H10BrClFNO. The van der Waals surface area contributed by atoms with E-state index in [0.29, 0.717) is 16.3 Å². The summed E-state index contributed by atoms with van der Waals surface area (Å²) in [6.07, 6.45) is 5.25. The highest BCUT2D eigenvalue weighted by atomic mass is 79.9. The van der Waals surface area contributed by atoms with Crippen molar-refractivity contribution < 1.29 is 9.50 Å². The summed E-state index contributed by atoms with van der Waals surface area (Å²) in [4.78, 5) is 0. The predicted molar refractivity (Wildman–Crippen MR) is 77.3 cm³/mol. The summed E-state index contributed by atoms with van der Waals surface area (Å²) >= 11 is 9.16. The number of halogens is 3. The third-order valence-corrected chi connectivity index (χ3v) is 4.01. The first-order valence-corrected chi connectivity index (χ1v) is 6.94. The van der Waals surface area contributed by atoms with Gasteiger partial charge in [0.25, 0.3) is 0 Å². The summed E-state index contributed by atoms with van der Waals surface area (Å²) in [6.45, 7) is 0. The van der Waals surface area contributed by atoms with E-state index in [1.165, 1.54) is 6.07 Å². The van der Waals surface area contributed by atoms with Gasteiger partial charge in [-0.25, -0.2) is 4.39 Å². The second-order valence-corrected chi connectivity index (χ2v) is 5.84. The molecule has 1 aromatic carbocycles. The van der Waals surface area contributed by atoms with Crippen molar-refractivity contribution in [2.75, 3.05) is 0 Å². The molecule has 5 heteroatoms. The molecule has 1 aliphatic heterocycles. The van der Waals surface area contributed by atoms with E-state index in [4.69, 9.17) is 11.6 Å². The van der Waals surface area contributed by atoms with Crippen molar-refractivity contribution in [3.63, 3.8) is 0 Å². The number of benzene rings is 1. The number of phenols is 1. The van der Waals surface area contributed by atoms with Crippen molar-refractivity contribution in [2.24, 2.45) is 5.92 Å². The smallest absolute Gasteiger partial charge is 0.133 e. The van der Waals surface area contributed by atoms with Crippen LogP contribution >= 0.6 is 27.5 Å². The minimum absolute atomic E-state index is 0.0322. The number of rotatable bonds is 1. The van der Waals surface area contributed by atoms with Crippen molar-refractivity contribution >= 4 is 33.2 Å². The third-order valence-electron chi connectivity index (χ3n) is 3.26. The fraction of sp³-hybridized carbons (Fsp3) is 0.143. The van der Waals surface area contributed by atoms with E-state index >= 15 is 0 Å². The fourth-order valence-corrected chi connectivity index (χ4v) is 2.90. The Hall–Kier alpha value is -1.26. The molecule has 2 atom stereocenters. The summed E-state index contributed by atoms with van der Waals surface area (Å²) in [5, 5.41) is 13.5. The van der Waals surface area contributed by atoms with Crippen LogP contribution < -0.4 is 5.32 Å². The van der Waals surface area contributed by atoms with E-state index in [1.807, 2.05) is 6.08 Å². The lowest BCUT2D eigenvalue weighted by molar-refractivity contribution is 0.472. The summed E-state index contributed by atoms with van der Waals surface area (Å²) in [7, 11) is 0. The highest BCUT2D eigenvalue weighted by Crippen LogP contribution is 2.40. The molecule has 1 aromatic rings. The molecule has 0 aromatic heterocycles. The minimum atomic E-state index is -0.407. The largest absolute Gasteiger partial charge is 0.507 e. The maximum atomic E-state index is 14.4. The summed E-state index contributed by atoms with van der Waals surface area (Å²) in [6, 6.07) is 4.82. The van der Waals surface area contributed by atoms with Gasteiger partial charge in [0.05, 0.1) is 17.7 Å². The third kappa shape index (κ3) is 2.19. The van der Waals surface area contributed by atoms with E-state index in [9.17, 15) is 9.50 Å². The molecule has 0 saturated heterocycles. The van der Waals surface area contributed by atoms with Crippen LogP contribution in [-0.4, -0.2) is 11.1 Å². The molecule has 0 bridgehead atoms. The van der Waals surface area contributed by atoms with Gasteiger partial charge in [-0.05, 0) is 24.3 Å². The van der Waals surface area contributed by atoms with E-state index in [1.54, 1.807) is 24.3 Å². The minimum Gasteiger partial charge on any atom is -0.507 e. The lowest BCUT2D eigenvalue weighted by atomic mass is 9.96. The van der Waals surface area contributed by atoms with Crippen molar-refractivity contribution in [1.82, 2.24) is 5.32 Å². The molecule has 0 fully saturated rings. The van der Waals surface area contributed by atoms with Gasteiger partial charge in [-0.1, -0.05) is 39.7 Å². The lowest BCUT2D eigenvalue weighted by Crippen LogP contribution is -2.26. The second-order valence-electron chi connectivity index (χ2n) is 4.49. The monoisotopic (exact) mass is 341 g/mol. The van der Waals surface area contributed by atoms with Crippen LogP contribution in [0, 0.1) is 5.92 Å². The van der Waals surface area contributed by atoms with Gasteiger partial charge in [0.15, 0.2) is 0 Å². The van der Waals surface area contributed by atoms with Crippen molar-refractivity contribution in [3.8, 4) is 5.75 Å². The first-order valence-electron chi connectivity index (χ1n) is 5.77. The van der Waals surface area contributed by atoms with Crippen molar-refractivity contribution in [1.29, 1.82) is 0 Å². The first-order chi connectivity index (χ1) is 9.06. The molecule has 2 N–H and O–H groups in total. The van der Waals surface area contributed by atoms with E-state index in [2.05, 4.69) is 21.2 Å². The zero-order chi connectivity index (χ0) is 13.6. The maximum absolute atomic E-state index is 14.4. The summed E-state index contributed by atoms with van der Waals surface area (Å²) in [5.74, 6) is -0.676. The Bertz CT molecular complexity index is 638. The molecule has 3 rings (SSSR count). The van der Waals surface area contributed by atoms with Gasteiger partial charge < -0.3 is 10.4 Å². The molecule has 2 aliphatic rings. The number of nitrogens with one attached hydrogen (secondary N) is 1. The van der Waals surface area contributed by atoms with E-state index < -0.39 is 5.92 Å². The van der Waals surface area contributed by atoms with Gasteiger partial charge in [0.2, 0.25) is 0 Å². The quantitative estimate of drug-likeness (QED) is 0.806. The van der Waals surface area contributed by atoms with Gasteiger partial charge in [-0.2, -0.15) is 0 Å². The van der Waals surface area contributed by atoms with Gasteiger partial charge in [0, 0.05) is 15.1 Å². The first kappa shape index (κ1) is 12.8. The fourth-order valence-electron chi connectivity index (χ4n) is 2.34. The summed E-state index contributed by atoms with van der Waals surface area (Å²) < 4.78 is 15.2. The molecule has 2 unspecified atom stereocenters. The lowest BCUT2D eigenvalue weighted by Gasteiger charge is -2.17. The summed E-state index contributed by atoms with van der Waals surface area (Å²) in [5.41, 5.74) is 0.778. The van der Waals surface area contributed by atoms with Crippen LogP contribution in [0.2, 0.25) is 0 Å². The van der Waals surface area contributed by atoms with Gasteiger partial charge in [0.1, 0.15) is 11.6 Å². The SMILES string of the molecule is Oc1cc(Br)ccc1C1=C(F)C2C=C(Cl)C=CC2N1. The van der Waals surface area contributed by atoms with Gasteiger partial charge in [-0.15, -0.1) is 0 Å². The molecule has 19 heavy (non-hydrogen) atoms. The number of hydrogen-bond acceptors (Lipinski definition) is 2. The molecule has 0 spiro atoms. The van der Waals surface area contributed by atoms with E-state index in [-0.39, 0.29) is 17.6 Å². The molecule has 0 radical (unpaired) electrons. The number of fused-ring (bicyclic) bond motifs is 1. The number of hydrogen-bond donors (Lipinski definition) is 2. The van der Waals surface area contributed by atoms with Crippen molar-refractivity contribution in [3.05, 3.63) is 57.3 Å². The van der Waals surface area contributed by atoms with Crippen LogP contribution in [0.25, 0.3) is 5.70 Å². The Morgan fingerprint density at radius 2 is 2.16 bits per heavy atom. The Balaban J connectivity index is 2.04. The molecular weight excluding hydrogens is 333 g/mol. The Labute approximate surface area is 123 Å². The van der Waals surface area contributed by atoms with Crippen LogP contribution in [0.3, 0.4) is 0 Å². The zero-order valence-electron chi connectivity index (χ0n) is 9.70. The van der Waals surface area contributed by atoms with E-state index in [0.717, 1.165) is 4.47 Å². The molecule has 98 valence electrons. The second kappa shape index (κ2) is 4.69. The molecule has 0 amide bonds. The predicted octanol–water partition coefficient (Wildman–Crippen LogP) is 4.07. The average Bonchev–Trinajstić information content (AvgIpc) is 2.67. The standard InChI is InChI=1S/C14H10BrClFNO/c15-7-1-3-9(12(19)5-7)14-13(17)10-6-8(16)2-4-11(10)18-14/h1-6,10-11,18-19H. The Kier molecular flexibility index (Phi) is 3.15. The number of phenolic OH excluding ortho intramolecular Hbond substituents is 1. The highest BCUT2D eigenvalue weighted by Gasteiger charge is 2.35. The van der Waals surface area contributed by atoms with Crippen LogP contribution in [-0.2, 0) is 0 Å². The van der Waals surface area contributed by atoms with Crippen molar-refractivity contribution in [2.45, 2.75) is 6.04 Å². The average molecular weight is 343 g/mol. The van der Waals surface area contributed by atoms with Crippen LogP contribution in [0.5, 0.6) is 5.75 Å². The topological polar surface area (TPSA) is 32.3 Å². The van der Waals surface area contributed by atoms with Crippen LogP contribution in [0.4, 0.5) is 4.39 Å². The molecule has 0 saturated carbocycles.